The summed E-state index contributed by atoms with van der Waals surface area (Å²) in [5, 5.41) is 2.89. The Hall–Kier alpha value is -1.92. The average Bonchev–Trinajstić information content (AvgIpc) is 2.89. The maximum atomic E-state index is 12.3. The molecular weight excluding hydrogens is 320 g/mol. The number of ether oxygens (including phenoxy) is 2. The standard InChI is InChI=1S/C19H28N2O4/c1-24-13-10-20-19(23)17-8-5-11-21(12-9-17)18(22)15-25-14-16-6-3-2-4-7-16/h2-4,6-7,17H,5,8-15H2,1H3,(H,20,23). The number of methoxy groups -OCH3 is 1. The van der Waals surface area contributed by atoms with Gasteiger partial charge in [0.2, 0.25) is 11.8 Å². The van der Waals surface area contributed by atoms with Crippen molar-refractivity contribution in [3.05, 3.63) is 35.9 Å². The lowest BCUT2D eigenvalue weighted by Gasteiger charge is -2.20. The van der Waals surface area contributed by atoms with Gasteiger partial charge >= 0.3 is 0 Å². The third-order valence-electron chi connectivity index (χ3n) is 4.39. The van der Waals surface area contributed by atoms with E-state index in [4.69, 9.17) is 9.47 Å². The number of carbonyl (C=O) groups is 2. The number of rotatable bonds is 8. The Kier molecular flexibility index (Phi) is 8.42. The van der Waals surface area contributed by atoms with E-state index in [9.17, 15) is 9.59 Å². The molecule has 6 heteroatoms. The summed E-state index contributed by atoms with van der Waals surface area (Å²) >= 11 is 0. The molecule has 25 heavy (non-hydrogen) atoms. The van der Waals surface area contributed by atoms with Crippen LogP contribution in [0.4, 0.5) is 0 Å². The van der Waals surface area contributed by atoms with Crippen LogP contribution in [0.5, 0.6) is 0 Å². The fourth-order valence-corrected chi connectivity index (χ4v) is 2.95. The van der Waals surface area contributed by atoms with E-state index in [1.165, 1.54) is 0 Å². The molecule has 0 radical (unpaired) electrons. The van der Waals surface area contributed by atoms with Gasteiger partial charge in [-0.05, 0) is 24.8 Å². The number of amides is 2. The van der Waals surface area contributed by atoms with Crippen molar-refractivity contribution in [2.24, 2.45) is 5.92 Å². The Morgan fingerprint density at radius 3 is 2.76 bits per heavy atom. The van der Waals surface area contributed by atoms with E-state index in [0.717, 1.165) is 18.4 Å². The smallest absolute Gasteiger partial charge is 0.248 e. The second-order valence-electron chi connectivity index (χ2n) is 6.27. The molecule has 1 N–H and O–H groups in total. The summed E-state index contributed by atoms with van der Waals surface area (Å²) in [7, 11) is 1.61. The van der Waals surface area contributed by atoms with Gasteiger partial charge in [0.15, 0.2) is 0 Å². The Morgan fingerprint density at radius 2 is 2.00 bits per heavy atom. The molecule has 1 aliphatic heterocycles. The molecule has 1 heterocycles. The van der Waals surface area contributed by atoms with Crippen LogP contribution in [0.25, 0.3) is 0 Å². The van der Waals surface area contributed by atoms with Crippen molar-refractivity contribution in [2.45, 2.75) is 25.9 Å². The van der Waals surface area contributed by atoms with Gasteiger partial charge < -0.3 is 19.7 Å². The second kappa shape index (κ2) is 10.8. The number of hydrogen-bond acceptors (Lipinski definition) is 4. The lowest BCUT2D eigenvalue weighted by Crippen LogP contribution is -2.36. The van der Waals surface area contributed by atoms with Gasteiger partial charge in [0.25, 0.3) is 0 Å². The van der Waals surface area contributed by atoms with E-state index >= 15 is 0 Å². The van der Waals surface area contributed by atoms with E-state index in [0.29, 0.717) is 39.3 Å². The minimum atomic E-state index is -0.0279. The molecule has 1 unspecified atom stereocenters. The van der Waals surface area contributed by atoms with Gasteiger partial charge in [-0.3, -0.25) is 9.59 Å². The normalized spacial score (nSPS) is 17.8. The Morgan fingerprint density at radius 1 is 1.20 bits per heavy atom. The lowest BCUT2D eigenvalue weighted by molar-refractivity contribution is -0.136. The Labute approximate surface area is 149 Å². The zero-order chi connectivity index (χ0) is 17.9. The summed E-state index contributed by atoms with van der Waals surface area (Å²) in [6.45, 7) is 2.86. The van der Waals surface area contributed by atoms with Crippen LogP contribution in [0.3, 0.4) is 0 Å². The van der Waals surface area contributed by atoms with Crippen molar-refractivity contribution in [2.75, 3.05) is 40.0 Å². The van der Waals surface area contributed by atoms with E-state index in [2.05, 4.69) is 5.32 Å². The molecule has 1 aromatic rings. The molecule has 0 aromatic heterocycles. The van der Waals surface area contributed by atoms with Gasteiger partial charge in [-0.15, -0.1) is 0 Å². The van der Waals surface area contributed by atoms with Crippen molar-refractivity contribution in [3.8, 4) is 0 Å². The summed E-state index contributed by atoms with van der Waals surface area (Å²) in [6, 6.07) is 9.81. The monoisotopic (exact) mass is 348 g/mol. The summed E-state index contributed by atoms with van der Waals surface area (Å²) in [5.74, 6) is 0.0305. The fourth-order valence-electron chi connectivity index (χ4n) is 2.95. The van der Waals surface area contributed by atoms with Gasteiger partial charge in [0.05, 0.1) is 13.2 Å². The average molecular weight is 348 g/mol. The maximum Gasteiger partial charge on any atom is 0.248 e. The molecule has 138 valence electrons. The van der Waals surface area contributed by atoms with Crippen LogP contribution in [-0.2, 0) is 25.7 Å². The highest BCUT2D eigenvalue weighted by Gasteiger charge is 2.24. The molecule has 1 aliphatic rings. The van der Waals surface area contributed by atoms with Crippen molar-refractivity contribution in [1.82, 2.24) is 10.2 Å². The van der Waals surface area contributed by atoms with E-state index < -0.39 is 0 Å². The first-order valence-corrected chi connectivity index (χ1v) is 8.87. The van der Waals surface area contributed by atoms with Gasteiger partial charge in [0, 0.05) is 32.7 Å². The molecule has 2 amide bonds. The quantitative estimate of drug-likeness (QED) is 0.725. The zero-order valence-electron chi connectivity index (χ0n) is 14.9. The SMILES string of the molecule is COCCNC(=O)C1CCCN(C(=O)COCc2ccccc2)CC1. The van der Waals surface area contributed by atoms with Crippen LogP contribution >= 0.6 is 0 Å². The molecule has 1 aromatic carbocycles. The number of carbonyl (C=O) groups excluding carboxylic acids is 2. The Balaban J connectivity index is 1.70. The molecule has 0 bridgehead atoms. The molecule has 0 saturated carbocycles. The van der Waals surface area contributed by atoms with Gasteiger partial charge in [0.1, 0.15) is 6.61 Å². The molecule has 6 nitrogen and oxygen atoms in total. The maximum absolute atomic E-state index is 12.3. The summed E-state index contributed by atoms with van der Waals surface area (Å²) < 4.78 is 10.5. The van der Waals surface area contributed by atoms with Crippen LogP contribution in [-0.4, -0.2) is 56.7 Å². The first kappa shape index (κ1) is 19.4. The highest BCUT2D eigenvalue weighted by molar-refractivity contribution is 5.79. The van der Waals surface area contributed by atoms with Crippen molar-refractivity contribution >= 4 is 11.8 Å². The van der Waals surface area contributed by atoms with Crippen LogP contribution in [0.15, 0.2) is 30.3 Å². The third kappa shape index (κ3) is 6.84. The molecule has 2 rings (SSSR count). The minimum absolute atomic E-state index is 0.00336. The van der Waals surface area contributed by atoms with Crippen LogP contribution < -0.4 is 5.32 Å². The van der Waals surface area contributed by atoms with Crippen LogP contribution in [0, 0.1) is 5.92 Å². The predicted molar refractivity (Wildman–Crippen MR) is 94.9 cm³/mol. The van der Waals surface area contributed by atoms with E-state index in [-0.39, 0.29) is 24.3 Å². The number of nitrogens with zero attached hydrogens (tertiary/aromatic N) is 1. The highest BCUT2D eigenvalue weighted by Crippen LogP contribution is 2.18. The largest absolute Gasteiger partial charge is 0.383 e. The molecule has 1 atom stereocenters. The summed E-state index contributed by atoms with van der Waals surface area (Å²) in [6.07, 6.45) is 2.35. The Bertz CT molecular complexity index is 535. The third-order valence-corrected chi connectivity index (χ3v) is 4.39. The molecular formula is C19H28N2O4. The molecule has 1 fully saturated rings. The van der Waals surface area contributed by atoms with Crippen molar-refractivity contribution in [1.29, 1.82) is 0 Å². The zero-order valence-corrected chi connectivity index (χ0v) is 14.9. The number of benzene rings is 1. The second-order valence-corrected chi connectivity index (χ2v) is 6.27. The number of hydrogen-bond donors (Lipinski definition) is 1. The predicted octanol–water partition coefficient (Wildman–Crippen LogP) is 1.59. The van der Waals surface area contributed by atoms with Gasteiger partial charge in [-0.25, -0.2) is 0 Å². The lowest BCUT2D eigenvalue weighted by atomic mass is 10.00. The van der Waals surface area contributed by atoms with Crippen molar-refractivity contribution in [3.63, 3.8) is 0 Å². The van der Waals surface area contributed by atoms with E-state index in [1.807, 2.05) is 35.2 Å². The molecule has 0 aliphatic carbocycles. The summed E-state index contributed by atoms with van der Waals surface area (Å²) in [4.78, 5) is 26.3. The highest BCUT2D eigenvalue weighted by atomic mass is 16.5. The topological polar surface area (TPSA) is 67.9 Å². The van der Waals surface area contributed by atoms with Gasteiger partial charge in [-0.2, -0.15) is 0 Å². The first-order chi connectivity index (χ1) is 12.2. The molecule has 1 saturated heterocycles. The fraction of sp³-hybridized carbons (Fsp3) is 0.579. The van der Waals surface area contributed by atoms with Crippen LogP contribution in [0.2, 0.25) is 0 Å². The molecule has 0 spiro atoms. The minimum Gasteiger partial charge on any atom is -0.383 e. The number of nitrogens with one attached hydrogen (secondary N) is 1. The summed E-state index contributed by atoms with van der Waals surface area (Å²) in [5.41, 5.74) is 1.05. The number of likely N-dealkylation sites (tertiary alicyclic amines) is 1. The van der Waals surface area contributed by atoms with E-state index in [1.54, 1.807) is 7.11 Å². The first-order valence-electron chi connectivity index (χ1n) is 8.87. The van der Waals surface area contributed by atoms with Crippen LogP contribution in [0.1, 0.15) is 24.8 Å². The van der Waals surface area contributed by atoms with Gasteiger partial charge in [-0.1, -0.05) is 30.3 Å². The van der Waals surface area contributed by atoms with Crippen molar-refractivity contribution < 1.29 is 19.1 Å².